The quantitative estimate of drug-likeness (QED) is 0.351. The van der Waals surface area contributed by atoms with Crippen molar-refractivity contribution in [2.24, 2.45) is 0 Å². The van der Waals surface area contributed by atoms with Crippen LogP contribution in [0.3, 0.4) is 0 Å². The lowest BCUT2D eigenvalue weighted by Crippen LogP contribution is -2.51. The standard InChI is InChI=1S/C28H35N7O3/c1-19-4-6-20(7-5-19)24-17-26(24)29-14-2-3-25(28(38)34-15-12-23(36)13-16-34)31-27(37)21-8-10-22(11-9-21)35-18-30-32-33-35/h4-11,18,23-26,29,36H,2-3,12-17H2,1H3,(H,31,37)/t24-,25-,26+/m0/s1. The maximum absolute atomic E-state index is 13.4. The van der Waals surface area contributed by atoms with Gasteiger partial charge in [0, 0.05) is 30.6 Å². The van der Waals surface area contributed by atoms with E-state index in [0.717, 1.165) is 25.1 Å². The Labute approximate surface area is 222 Å². The summed E-state index contributed by atoms with van der Waals surface area (Å²) >= 11 is 0. The predicted molar refractivity (Wildman–Crippen MR) is 142 cm³/mol. The first-order valence-corrected chi connectivity index (χ1v) is 13.4. The summed E-state index contributed by atoms with van der Waals surface area (Å²) in [5.74, 6) is 0.168. The van der Waals surface area contributed by atoms with Gasteiger partial charge in [0.05, 0.1) is 11.8 Å². The van der Waals surface area contributed by atoms with Gasteiger partial charge in [-0.15, -0.1) is 5.10 Å². The number of aromatic nitrogens is 4. The minimum Gasteiger partial charge on any atom is -0.393 e. The van der Waals surface area contributed by atoms with Crippen LogP contribution in [0.5, 0.6) is 0 Å². The average Bonchev–Trinajstić information content (AvgIpc) is 3.49. The minimum atomic E-state index is -0.620. The number of carbonyl (C=O) groups excluding carboxylic acids is 2. The van der Waals surface area contributed by atoms with Gasteiger partial charge in [0.2, 0.25) is 5.91 Å². The number of likely N-dealkylation sites (tertiary alicyclic amines) is 1. The smallest absolute Gasteiger partial charge is 0.251 e. The van der Waals surface area contributed by atoms with E-state index in [1.807, 2.05) is 0 Å². The predicted octanol–water partition coefficient (Wildman–Crippen LogP) is 1.98. The molecule has 5 rings (SSSR count). The van der Waals surface area contributed by atoms with E-state index in [2.05, 4.69) is 57.3 Å². The van der Waals surface area contributed by atoms with E-state index in [1.54, 1.807) is 29.2 Å². The zero-order chi connectivity index (χ0) is 26.5. The molecular formula is C28H35N7O3. The number of aryl methyl sites for hydroxylation is 1. The number of piperidine rings is 1. The Kier molecular flexibility index (Phi) is 8.09. The molecule has 1 aliphatic heterocycles. The summed E-state index contributed by atoms with van der Waals surface area (Å²) in [7, 11) is 0. The van der Waals surface area contributed by atoms with Crippen LogP contribution in [-0.4, -0.2) is 79.8 Å². The Hall–Kier alpha value is -3.63. The molecule has 38 heavy (non-hydrogen) atoms. The number of nitrogens with zero attached hydrogens (tertiary/aromatic N) is 5. The second-order valence-corrected chi connectivity index (χ2v) is 10.3. The van der Waals surface area contributed by atoms with E-state index >= 15 is 0 Å². The van der Waals surface area contributed by atoms with Gasteiger partial charge >= 0.3 is 0 Å². The number of nitrogens with one attached hydrogen (secondary N) is 2. The fourth-order valence-electron chi connectivity index (χ4n) is 5.05. The molecule has 1 saturated heterocycles. The first kappa shape index (κ1) is 26.0. The van der Waals surface area contributed by atoms with Crippen molar-refractivity contribution in [2.45, 2.75) is 63.1 Å². The van der Waals surface area contributed by atoms with Crippen LogP contribution in [0.15, 0.2) is 54.9 Å². The lowest BCUT2D eigenvalue weighted by atomic mass is 10.0. The molecule has 2 aliphatic rings. The van der Waals surface area contributed by atoms with Crippen LogP contribution in [0.1, 0.15) is 59.5 Å². The van der Waals surface area contributed by atoms with Gasteiger partial charge < -0.3 is 20.6 Å². The third kappa shape index (κ3) is 6.43. The number of hydrogen-bond acceptors (Lipinski definition) is 7. The number of amides is 2. The van der Waals surface area contributed by atoms with E-state index in [9.17, 15) is 14.7 Å². The number of carbonyl (C=O) groups is 2. The second-order valence-electron chi connectivity index (χ2n) is 10.3. The molecule has 1 aromatic heterocycles. The SMILES string of the molecule is Cc1ccc([C@@H]2C[C@H]2NCCC[C@H](NC(=O)c2ccc(-n3cnnn3)cc2)C(=O)N2CCC(O)CC2)cc1. The molecule has 2 heterocycles. The maximum Gasteiger partial charge on any atom is 0.251 e. The molecule has 1 aliphatic carbocycles. The van der Waals surface area contributed by atoms with Gasteiger partial charge in [-0.3, -0.25) is 9.59 Å². The second kappa shape index (κ2) is 11.8. The Morgan fingerprint density at radius 3 is 2.50 bits per heavy atom. The highest BCUT2D eigenvalue weighted by Crippen LogP contribution is 2.40. The van der Waals surface area contributed by atoms with E-state index in [0.29, 0.717) is 49.9 Å². The van der Waals surface area contributed by atoms with Gasteiger partial charge in [-0.1, -0.05) is 29.8 Å². The van der Waals surface area contributed by atoms with Crippen LogP contribution in [0.4, 0.5) is 0 Å². The molecule has 2 aromatic carbocycles. The average molecular weight is 518 g/mol. The summed E-state index contributed by atoms with van der Waals surface area (Å²) in [5.41, 5.74) is 3.84. The summed E-state index contributed by atoms with van der Waals surface area (Å²) in [4.78, 5) is 28.2. The lowest BCUT2D eigenvalue weighted by Gasteiger charge is -2.32. The molecule has 10 heteroatoms. The summed E-state index contributed by atoms with van der Waals surface area (Å²) in [6, 6.07) is 15.5. The summed E-state index contributed by atoms with van der Waals surface area (Å²) in [6.45, 7) is 3.89. The van der Waals surface area contributed by atoms with Crippen molar-refractivity contribution in [1.29, 1.82) is 0 Å². The molecule has 3 aromatic rings. The number of benzene rings is 2. The van der Waals surface area contributed by atoms with Gasteiger partial charge in [-0.05, 0) is 85.8 Å². The maximum atomic E-state index is 13.4. The number of hydrogen-bond donors (Lipinski definition) is 3. The molecule has 0 radical (unpaired) electrons. The summed E-state index contributed by atoms with van der Waals surface area (Å²) in [5, 5.41) is 27.5. The number of rotatable bonds is 10. The molecule has 2 amide bonds. The summed E-state index contributed by atoms with van der Waals surface area (Å²) < 4.78 is 1.51. The van der Waals surface area contributed by atoms with Crippen molar-refractivity contribution in [3.05, 3.63) is 71.5 Å². The minimum absolute atomic E-state index is 0.0838. The van der Waals surface area contributed by atoms with Crippen LogP contribution in [0.2, 0.25) is 0 Å². The third-order valence-corrected chi connectivity index (χ3v) is 7.49. The molecule has 200 valence electrons. The fourth-order valence-corrected chi connectivity index (χ4v) is 5.05. The highest BCUT2D eigenvalue weighted by molar-refractivity contribution is 5.97. The molecule has 2 fully saturated rings. The van der Waals surface area contributed by atoms with Crippen molar-refractivity contribution >= 4 is 11.8 Å². The van der Waals surface area contributed by atoms with Crippen molar-refractivity contribution in [3.8, 4) is 5.69 Å². The molecule has 1 saturated carbocycles. The molecule has 10 nitrogen and oxygen atoms in total. The monoisotopic (exact) mass is 517 g/mol. The van der Waals surface area contributed by atoms with Gasteiger partial charge in [0.25, 0.3) is 5.91 Å². The summed E-state index contributed by atoms with van der Waals surface area (Å²) in [6.07, 6.45) is 4.68. The highest BCUT2D eigenvalue weighted by Gasteiger charge is 2.37. The van der Waals surface area contributed by atoms with Crippen LogP contribution >= 0.6 is 0 Å². The van der Waals surface area contributed by atoms with Gasteiger partial charge in [-0.25, -0.2) is 4.68 Å². The Bertz CT molecular complexity index is 1210. The number of tetrazole rings is 1. The van der Waals surface area contributed by atoms with Crippen molar-refractivity contribution in [1.82, 2.24) is 35.7 Å². The number of aliphatic hydroxyl groups is 1. The first-order valence-electron chi connectivity index (χ1n) is 13.4. The van der Waals surface area contributed by atoms with Crippen molar-refractivity contribution < 1.29 is 14.7 Å². The Morgan fingerprint density at radius 1 is 1.08 bits per heavy atom. The van der Waals surface area contributed by atoms with E-state index in [1.165, 1.54) is 22.1 Å². The normalized spacial score (nSPS) is 20.2. The van der Waals surface area contributed by atoms with Crippen molar-refractivity contribution in [2.75, 3.05) is 19.6 Å². The van der Waals surface area contributed by atoms with Crippen molar-refractivity contribution in [3.63, 3.8) is 0 Å². The van der Waals surface area contributed by atoms with E-state index < -0.39 is 6.04 Å². The number of aliphatic hydroxyl groups excluding tert-OH is 1. The van der Waals surface area contributed by atoms with E-state index in [4.69, 9.17) is 0 Å². The largest absolute Gasteiger partial charge is 0.393 e. The molecule has 0 spiro atoms. The highest BCUT2D eigenvalue weighted by atomic mass is 16.3. The van der Waals surface area contributed by atoms with Gasteiger partial charge in [0.15, 0.2) is 0 Å². The van der Waals surface area contributed by atoms with E-state index in [-0.39, 0.29) is 17.9 Å². The van der Waals surface area contributed by atoms with Crippen LogP contribution < -0.4 is 10.6 Å². The third-order valence-electron chi connectivity index (χ3n) is 7.49. The molecular weight excluding hydrogens is 482 g/mol. The zero-order valence-electron chi connectivity index (χ0n) is 21.7. The first-order chi connectivity index (χ1) is 18.5. The lowest BCUT2D eigenvalue weighted by molar-refractivity contribution is -0.135. The Morgan fingerprint density at radius 2 is 1.82 bits per heavy atom. The van der Waals surface area contributed by atoms with Gasteiger partial charge in [-0.2, -0.15) is 0 Å². The fraction of sp³-hybridized carbons (Fsp3) is 0.464. The molecule has 3 atom stereocenters. The molecule has 0 bridgehead atoms. The van der Waals surface area contributed by atoms with Crippen LogP contribution in [0, 0.1) is 6.92 Å². The molecule has 3 N–H and O–H groups in total. The molecule has 0 unspecified atom stereocenters. The van der Waals surface area contributed by atoms with Crippen LogP contribution in [-0.2, 0) is 4.79 Å². The van der Waals surface area contributed by atoms with Crippen LogP contribution in [0.25, 0.3) is 5.69 Å². The Balaban J connectivity index is 1.16. The topological polar surface area (TPSA) is 125 Å². The van der Waals surface area contributed by atoms with Gasteiger partial charge in [0.1, 0.15) is 12.4 Å². The zero-order valence-corrected chi connectivity index (χ0v) is 21.7.